The first-order valence-electron chi connectivity index (χ1n) is 6.04. The Labute approximate surface area is 108 Å². The van der Waals surface area contributed by atoms with Gasteiger partial charge in [0.1, 0.15) is 11.4 Å². The van der Waals surface area contributed by atoms with Crippen LogP contribution in [0.2, 0.25) is 0 Å². The number of aromatic nitrogens is 2. The molecule has 0 aliphatic heterocycles. The Kier molecular flexibility index (Phi) is 4.64. The van der Waals surface area contributed by atoms with E-state index in [9.17, 15) is 4.79 Å². The lowest BCUT2D eigenvalue weighted by atomic mass is 10.2. The number of hydrogen-bond acceptors (Lipinski definition) is 4. The van der Waals surface area contributed by atoms with Gasteiger partial charge in [0.05, 0.1) is 0 Å². The fourth-order valence-electron chi connectivity index (χ4n) is 1.53. The zero-order valence-corrected chi connectivity index (χ0v) is 11.7. The van der Waals surface area contributed by atoms with E-state index in [1.54, 1.807) is 0 Å². The smallest absolute Gasteiger partial charge is 0.407 e. The van der Waals surface area contributed by atoms with E-state index in [-0.39, 0.29) is 0 Å². The van der Waals surface area contributed by atoms with E-state index in [1.165, 1.54) is 0 Å². The number of aryl methyl sites for hydroxylation is 2. The van der Waals surface area contributed by atoms with Crippen molar-refractivity contribution in [2.24, 2.45) is 0 Å². The molecule has 0 unspecified atom stereocenters. The van der Waals surface area contributed by atoms with Gasteiger partial charge in [-0.15, -0.1) is 0 Å². The number of carbonyl (C=O) groups is 1. The minimum absolute atomic E-state index is 0.398. The number of alkyl carbamates (subject to hydrolysis) is 1. The summed E-state index contributed by atoms with van der Waals surface area (Å²) in [4.78, 5) is 19.9. The number of ether oxygens (including phenoxy) is 1. The largest absolute Gasteiger partial charge is 0.444 e. The van der Waals surface area contributed by atoms with Crippen molar-refractivity contribution in [2.45, 2.75) is 46.6 Å². The molecule has 0 bridgehead atoms. The molecule has 1 rings (SSSR count). The second kappa shape index (κ2) is 5.80. The van der Waals surface area contributed by atoms with Crippen LogP contribution in [-0.2, 0) is 11.2 Å². The monoisotopic (exact) mass is 251 g/mol. The Morgan fingerprint density at radius 1 is 1.33 bits per heavy atom. The summed E-state index contributed by atoms with van der Waals surface area (Å²) in [5, 5.41) is 2.71. The topological polar surface area (TPSA) is 64.1 Å². The minimum Gasteiger partial charge on any atom is -0.444 e. The van der Waals surface area contributed by atoms with E-state index in [2.05, 4.69) is 15.3 Å². The molecule has 1 aromatic heterocycles. The van der Waals surface area contributed by atoms with E-state index in [1.807, 2.05) is 40.7 Å². The highest BCUT2D eigenvalue weighted by molar-refractivity contribution is 5.67. The van der Waals surface area contributed by atoms with Crippen molar-refractivity contribution in [1.29, 1.82) is 0 Å². The number of nitrogens with one attached hydrogen (secondary N) is 1. The highest BCUT2D eigenvalue weighted by Crippen LogP contribution is 2.06. The molecule has 1 amide bonds. The Balaban J connectivity index is 2.40. The van der Waals surface area contributed by atoms with Crippen molar-refractivity contribution in [3.05, 3.63) is 23.3 Å². The summed E-state index contributed by atoms with van der Waals surface area (Å²) in [6, 6.07) is 1.92. The molecular formula is C13H21N3O2. The molecule has 1 heterocycles. The van der Waals surface area contributed by atoms with Crippen LogP contribution in [0.4, 0.5) is 4.79 Å². The molecular weight excluding hydrogens is 230 g/mol. The molecule has 0 fully saturated rings. The third kappa shape index (κ3) is 5.61. The molecule has 100 valence electrons. The predicted octanol–water partition coefficient (Wildman–Crippen LogP) is 2.16. The normalized spacial score (nSPS) is 11.2. The van der Waals surface area contributed by atoms with Gasteiger partial charge in [-0.05, 0) is 40.7 Å². The first kappa shape index (κ1) is 14.4. The number of rotatable bonds is 3. The van der Waals surface area contributed by atoms with Crippen LogP contribution < -0.4 is 5.32 Å². The molecule has 18 heavy (non-hydrogen) atoms. The Morgan fingerprint density at radius 2 is 2.00 bits per heavy atom. The maximum Gasteiger partial charge on any atom is 0.407 e. The van der Waals surface area contributed by atoms with E-state index >= 15 is 0 Å². The molecule has 1 N–H and O–H groups in total. The molecule has 0 aliphatic carbocycles. The van der Waals surface area contributed by atoms with Crippen LogP contribution >= 0.6 is 0 Å². The predicted molar refractivity (Wildman–Crippen MR) is 69.4 cm³/mol. The minimum atomic E-state index is -0.466. The molecule has 0 spiro atoms. The van der Waals surface area contributed by atoms with Gasteiger partial charge in [-0.3, -0.25) is 0 Å². The summed E-state index contributed by atoms with van der Waals surface area (Å²) in [5.74, 6) is 0.752. The van der Waals surface area contributed by atoms with Crippen LogP contribution in [0.5, 0.6) is 0 Å². The van der Waals surface area contributed by atoms with Crippen LogP contribution in [-0.4, -0.2) is 28.2 Å². The summed E-state index contributed by atoms with van der Waals surface area (Å²) >= 11 is 0. The van der Waals surface area contributed by atoms with Gasteiger partial charge < -0.3 is 10.1 Å². The molecule has 5 heteroatoms. The maximum atomic E-state index is 11.4. The second-order valence-corrected chi connectivity index (χ2v) is 5.23. The molecule has 1 aromatic rings. The standard InChI is InChI=1S/C13H21N3O2/c1-9-8-11(16-10(2)15-9)6-7-14-12(17)18-13(3,4)5/h8H,6-7H2,1-5H3,(H,14,17). The lowest BCUT2D eigenvalue weighted by molar-refractivity contribution is 0.0528. The highest BCUT2D eigenvalue weighted by atomic mass is 16.6. The van der Waals surface area contributed by atoms with Gasteiger partial charge in [0, 0.05) is 24.4 Å². The number of carbonyl (C=O) groups excluding carboxylic acids is 1. The summed E-state index contributed by atoms with van der Waals surface area (Å²) in [5.41, 5.74) is 1.40. The highest BCUT2D eigenvalue weighted by Gasteiger charge is 2.15. The first-order chi connectivity index (χ1) is 8.26. The van der Waals surface area contributed by atoms with E-state index in [4.69, 9.17) is 4.74 Å². The SMILES string of the molecule is Cc1cc(CCNC(=O)OC(C)(C)C)nc(C)n1. The van der Waals surface area contributed by atoms with Gasteiger partial charge in [-0.25, -0.2) is 14.8 Å². The Morgan fingerprint density at radius 3 is 2.56 bits per heavy atom. The summed E-state index contributed by atoms with van der Waals surface area (Å²) in [6.07, 6.45) is 0.272. The number of nitrogens with zero attached hydrogens (tertiary/aromatic N) is 2. The van der Waals surface area contributed by atoms with Gasteiger partial charge in [-0.1, -0.05) is 0 Å². The maximum absolute atomic E-state index is 11.4. The lowest BCUT2D eigenvalue weighted by Gasteiger charge is -2.19. The second-order valence-electron chi connectivity index (χ2n) is 5.23. The van der Waals surface area contributed by atoms with E-state index < -0.39 is 11.7 Å². The van der Waals surface area contributed by atoms with Crippen molar-refractivity contribution in [2.75, 3.05) is 6.54 Å². The Bertz CT molecular complexity index is 404. The average Bonchev–Trinajstić information content (AvgIpc) is 2.12. The van der Waals surface area contributed by atoms with Gasteiger partial charge in [0.25, 0.3) is 0 Å². The van der Waals surface area contributed by atoms with Crippen molar-refractivity contribution in [3.8, 4) is 0 Å². The summed E-state index contributed by atoms with van der Waals surface area (Å²) in [7, 11) is 0. The van der Waals surface area contributed by atoms with Crippen molar-refractivity contribution < 1.29 is 9.53 Å². The number of hydrogen-bond donors (Lipinski definition) is 1. The molecule has 0 aliphatic rings. The lowest BCUT2D eigenvalue weighted by Crippen LogP contribution is -2.33. The molecule has 0 radical (unpaired) electrons. The molecule has 0 saturated carbocycles. The third-order valence-electron chi connectivity index (χ3n) is 2.07. The van der Waals surface area contributed by atoms with Gasteiger partial charge in [-0.2, -0.15) is 0 Å². The third-order valence-corrected chi connectivity index (χ3v) is 2.07. The average molecular weight is 251 g/mol. The molecule has 0 aromatic carbocycles. The quantitative estimate of drug-likeness (QED) is 0.894. The van der Waals surface area contributed by atoms with E-state index in [0.717, 1.165) is 17.2 Å². The summed E-state index contributed by atoms with van der Waals surface area (Å²) in [6.45, 7) is 9.80. The van der Waals surface area contributed by atoms with Crippen LogP contribution in [0, 0.1) is 13.8 Å². The van der Waals surface area contributed by atoms with Gasteiger partial charge in [0.15, 0.2) is 0 Å². The van der Waals surface area contributed by atoms with Crippen molar-refractivity contribution in [3.63, 3.8) is 0 Å². The Hall–Kier alpha value is -1.65. The van der Waals surface area contributed by atoms with E-state index in [0.29, 0.717) is 13.0 Å². The fraction of sp³-hybridized carbons (Fsp3) is 0.615. The number of amides is 1. The fourth-order valence-corrected chi connectivity index (χ4v) is 1.53. The van der Waals surface area contributed by atoms with Gasteiger partial charge in [0.2, 0.25) is 0 Å². The summed E-state index contributed by atoms with van der Waals surface area (Å²) < 4.78 is 5.14. The molecule has 0 saturated heterocycles. The van der Waals surface area contributed by atoms with Crippen LogP contribution in [0.3, 0.4) is 0 Å². The zero-order valence-electron chi connectivity index (χ0n) is 11.7. The molecule has 0 atom stereocenters. The van der Waals surface area contributed by atoms with Crippen LogP contribution in [0.25, 0.3) is 0 Å². The van der Waals surface area contributed by atoms with Crippen molar-refractivity contribution in [1.82, 2.24) is 15.3 Å². The van der Waals surface area contributed by atoms with Crippen molar-refractivity contribution >= 4 is 6.09 Å². The van der Waals surface area contributed by atoms with Crippen LogP contribution in [0.15, 0.2) is 6.07 Å². The first-order valence-corrected chi connectivity index (χ1v) is 6.04. The van der Waals surface area contributed by atoms with Crippen LogP contribution in [0.1, 0.15) is 38.0 Å². The zero-order chi connectivity index (χ0) is 13.8. The molecule has 5 nitrogen and oxygen atoms in total. The van der Waals surface area contributed by atoms with Gasteiger partial charge >= 0.3 is 6.09 Å².